The molecule has 28 heavy (non-hydrogen) atoms. The Morgan fingerprint density at radius 3 is 2.29 bits per heavy atom. The van der Waals surface area contributed by atoms with Gasteiger partial charge in [-0.15, -0.1) is 6.58 Å². The number of amides is 1. The maximum absolute atomic E-state index is 12.3. The maximum Gasteiger partial charge on any atom is 0.228 e. The highest BCUT2D eigenvalue weighted by molar-refractivity contribution is 7.88. The molecule has 0 heterocycles. The van der Waals surface area contributed by atoms with Gasteiger partial charge in [0.2, 0.25) is 15.9 Å². The normalized spacial score (nSPS) is 10.9. The summed E-state index contributed by atoms with van der Waals surface area (Å²) in [5.41, 5.74) is 1.99. The second-order valence-electron chi connectivity index (χ2n) is 6.01. The monoisotopic (exact) mass is 404 g/mol. The molecular formula is C20H24N2O5S. The van der Waals surface area contributed by atoms with E-state index in [2.05, 4.69) is 16.6 Å². The predicted octanol–water partition coefficient (Wildman–Crippen LogP) is 2.49. The van der Waals surface area contributed by atoms with Crippen LogP contribution < -0.4 is 19.5 Å². The van der Waals surface area contributed by atoms with Crippen molar-refractivity contribution in [1.29, 1.82) is 0 Å². The van der Waals surface area contributed by atoms with Crippen molar-refractivity contribution in [1.82, 2.24) is 4.72 Å². The van der Waals surface area contributed by atoms with Gasteiger partial charge in [-0.1, -0.05) is 24.3 Å². The summed E-state index contributed by atoms with van der Waals surface area (Å²) in [6.07, 6.45) is 1.65. The molecule has 2 aromatic rings. The summed E-state index contributed by atoms with van der Waals surface area (Å²) in [5, 5.41) is 2.79. The molecule has 0 saturated heterocycles. The molecule has 2 rings (SSSR count). The van der Waals surface area contributed by atoms with Crippen LogP contribution in [-0.4, -0.2) is 35.1 Å². The minimum absolute atomic E-state index is 0.138. The molecule has 2 N–H and O–H groups in total. The Balaban J connectivity index is 1.96. The minimum Gasteiger partial charge on any atom is -0.493 e. The van der Waals surface area contributed by atoms with Gasteiger partial charge in [0.1, 0.15) is 0 Å². The second kappa shape index (κ2) is 9.91. The lowest BCUT2D eigenvalue weighted by molar-refractivity contribution is -0.115. The van der Waals surface area contributed by atoms with Gasteiger partial charge in [-0.05, 0) is 35.4 Å². The third kappa shape index (κ3) is 6.40. The lowest BCUT2D eigenvalue weighted by Gasteiger charge is -2.10. The first-order valence-electron chi connectivity index (χ1n) is 8.55. The number of carbonyl (C=O) groups excluding carboxylic acids is 1. The van der Waals surface area contributed by atoms with Crippen molar-refractivity contribution < 1.29 is 22.7 Å². The molecule has 0 spiro atoms. The zero-order valence-electron chi connectivity index (χ0n) is 15.9. The van der Waals surface area contributed by atoms with Gasteiger partial charge in [0.25, 0.3) is 0 Å². The summed E-state index contributed by atoms with van der Waals surface area (Å²) in [4.78, 5) is 12.3. The molecule has 0 fully saturated rings. The number of hydrogen-bond acceptors (Lipinski definition) is 5. The van der Waals surface area contributed by atoms with E-state index in [1.807, 2.05) is 0 Å². The molecule has 2 aromatic carbocycles. The van der Waals surface area contributed by atoms with Gasteiger partial charge in [-0.25, -0.2) is 13.1 Å². The van der Waals surface area contributed by atoms with Crippen LogP contribution in [0.3, 0.4) is 0 Å². The molecule has 0 aliphatic heterocycles. The van der Waals surface area contributed by atoms with E-state index in [4.69, 9.17) is 9.47 Å². The van der Waals surface area contributed by atoms with Gasteiger partial charge in [0.05, 0.1) is 26.4 Å². The number of carbonyl (C=O) groups is 1. The van der Waals surface area contributed by atoms with Crippen molar-refractivity contribution in [2.75, 3.05) is 26.1 Å². The molecule has 0 aliphatic rings. The fourth-order valence-electron chi connectivity index (χ4n) is 2.52. The van der Waals surface area contributed by atoms with Crippen molar-refractivity contribution in [3.8, 4) is 11.5 Å². The Hall–Kier alpha value is -2.84. The molecule has 0 radical (unpaired) electrons. The molecule has 0 unspecified atom stereocenters. The number of nitrogens with one attached hydrogen (secondary N) is 2. The van der Waals surface area contributed by atoms with E-state index in [1.54, 1.807) is 49.6 Å². The molecule has 0 saturated carbocycles. The van der Waals surface area contributed by atoms with Crippen LogP contribution in [0, 0.1) is 0 Å². The van der Waals surface area contributed by atoms with E-state index in [0.717, 1.165) is 5.56 Å². The van der Waals surface area contributed by atoms with E-state index in [9.17, 15) is 13.2 Å². The average molecular weight is 404 g/mol. The van der Waals surface area contributed by atoms with Crippen molar-refractivity contribution in [3.05, 3.63) is 66.2 Å². The first-order valence-corrected chi connectivity index (χ1v) is 10.2. The van der Waals surface area contributed by atoms with Gasteiger partial charge >= 0.3 is 0 Å². The van der Waals surface area contributed by atoms with Crippen LogP contribution in [0.4, 0.5) is 5.69 Å². The zero-order valence-corrected chi connectivity index (χ0v) is 16.7. The third-order valence-electron chi connectivity index (χ3n) is 3.85. The number of methoxy groups -OCH3 is 2. The lowest BCUT2D eigenvalue weighted by atomic mass is 10.1. The minimum atomic E-state index is -3.42. The maximum atomic E-state index is 12.3. The molecule has 8 heteroatoms. The highest BCUT2D eigenvalue weighted by atomic mass is 32.2. The number of benzene rings is 2. The van der Waals surface area contributed by atoms with Crippen molar-refractivity contribution >= 4 is 21.6 Å². The van der Waals surface area contributed by atoms with Gasteiger partial charge < -0.3 is 14.8 Å². The van der Waals surface area contributed by atoms with E-state index in [1.165, 1.54) is 13.2 Å². The van der Waals surface area contributed by atoms with E-state index < -0.39 is 10.0 Å². The highest BCUT2D eigenvalue weighted by Gasteiger charge is 2.11. The summed E-state index contributed by atoms with van der Waals surface area (Å²) in [7, 11) is -0.328. The van der Waals surface area contributed by atoms with Crippen molar-refractivity contribution in [2.45, 2.75) is 12.2 Å². The number of ether oxygens (including phenoxy) is 2. The van der Waals surface area contributed by atoms with E-state index >= 15 is 0 Å². The molecule has 0 aromatic heterocycles. The number of rotatable bonds is 10. The Kier molecular flexibility index (Phi) is 7.60. The number of hydrogen-bond donors (Lipinski definition) is 2. The van der Waals surface area contributed by atoms with Crippen LogP contribution in [-0.2, 0) is 27.0 Å². The average Bonchev–Trinajstić information content (AvgIpc) is 2.67. The number of sulfonamides is 1. The van der Waals surface area contributed by atoms with Gasteiger partial charge in [0.15, 0.2) is 11.5 Å². The first kappa shape index (κ1) is 21.5. The Morgan fingerprint density at radius 1 is 1.04 bits per heavy atom. The summed E-state index contributed by atoms with van der Waals surface area (Å²) in [6.45, 7) is 3.66. The Labute approximate surface area is 165 Å². The van der Waals surface area contributed by atoms with E-state index in [0.29, 0.717) is 22.7 Å². The van der Waals surface area contributed by atoms with Crippen LogP contribution in [0.15, 0.2) is 55.1 Å². The standard InChI is InChI=1S/C20H24N2O5S/c1-4-11-21-28(24,25)14-15-5-8-17(9-6-15)22-20(23)13-16-7-10-18(26-2)19(12-16)27-3/h4-10,12,21H,1,11,13-14H2,2-3H3,(H,22,23). The van der Waals surface area contributed by atoms with Crippen molar-refractivity contribution in [2.24, 2.45) is 0 Å². The smallest absolute Gasteiger partial charge is 0.228 e. The Morgan fingerprint density at radius 2 is 1.68 bits per heavy atom. The summed E-state index contributed by atoms with van der Waals surface area (Å²) >= 11 is 0. The van der Waals surface area contributed by atoms with Crippen LogP contribution in [0.2, 0.25) is 0 Å². The second-order valence-corrected chi connectivity index (χ2v) is 7.81. The molecule has 7 nitrogen and oxygen atoms in total. The van der Waals surface area contributed by atoms with Gasteiger partial charge in [0, 0.05) is 12.2 Å². The topological polar surface area (TPSA) is 93.7 Å². The molecular weight excluding hydrogens is 380 g/mol. The lowest BCUT2D eigenvalue weighted by Crippen LogP contribution is -2.25. The predicted molar refractivity (Wildman–Crippen MR) is 109 cm³/mol. The molecule has 0 atom stereocenters. The zero-order chi connectivity index (χ0) is 20.6. The van der Waals surface area contributed by atoms with Gasteiger partial charge in [-0.2, -0.15) is 0 Å². The number of anilines is 1. The van der Waals surface area contributed by atoms with Crippen LogP contribution >= 0.6 is 0 Å². The van der Waals surface area contributed by atoms with Crippen LogP contribution in [0.25, 0.3) is 0 Å². The highest BCUT2D eigenvalue weighted by Crippen LogP contribution is 2.27. The van der Waals surface area contributed by atoms with Crippen LogP contribution in [0.1, 0.15) is 11.1 Å². The molecule has 1 amide bonds. The molecule has 0 bridgehead atoms. The largest absolute Gasteiger partial charge is 0.493 e. The van der Waals surface area contributed by atoms with E-state index in [-0.39, 0.29) is 24.6 Å². The van der Waals surface area contributed by atoms with Crippen LogP contribution in [0.5, 0.6) is 11.5 Å². The third-order valence-corrected chi connectivity index (χ3v) is 5.17. The first-order chi connectivity index (χ1) is 13.4. The molecule has 0 aliphatic carbocycles. The van der Waals surface area contributed by atoms with Crippen molar-refractivity contribution in [3.63, 3.8) is 0 Å². The SMILES string of the molecule is C=CCNS(=O)(=O)Cc1ccc(NC(=O)Cc2ccc(OC)c(OC)c2)cc1. The summed E-state index contributed by atoms with van der Waals surface area (Å²) in [5.74, 6) is 0.823. The fraction of sp³-hybridized carbons (Fsp3) is 0.250. The quantitative estimate of drug-likeness (QED) is 0.594. The summed E-state index contributed by atoms with van der Waals surface area (Å²) in [6, 6.07) is 12.0. The molecule has 150 valence electrons. The summed E-state index contributed by atoms with van der Waals surface area (Å²) < 4.78 is 36.6. The Bertz CT molecular complexity index is 924. The fourth-order valence-corrected chi connectivity index (χ4v) is 3.63. The van der Waals surface area contributed by atoms with Gasteiger partial charge in [-0.3, -0.25) is 4.79 Å².